The number of carbonyl (C=O) groups excluding carboxylic acids is 2. The number of hydrogen-bond acceptors (Lipinski definition) is 3. The minimum atomic E-state index is -0.154. The van der Waals surface area contributed by atoms with Crippen molar-refractivity contribution in [1.82, 2.24) is 4.90 Å². The molecule has 0 saturated carbocycles. The van der Waals surface area contributed by atoms with Crippen molar-refractivity contribution in [1.29, 1.82) is 0 Å². The highest BCUT2D eigenvalue weighted by Crippen LogP contribution is 2.34. The van der Waals surface area contributed by atoms with Crippen molar-refractivity contribution < 1.29 is 14.7 Å². The molecule has 2 rings (SSSR count). The number of amides is 2. The van der Waals surface area contributed by atoms with Gasteiger partial charge in [-0.25, -0.2) is 0 Å². The maximum absolute atomic E-state index is 12.6. The number of anilines is 1. The van der Waals surface area contributed by atoms with Crippen LogP contribution in [0.25, 0.3) is 0 Å². The fourth-order valence-corrected chi connectivity index (χ4v) is 2.92. The third kappa shape index (κ3) is 3.65. The molecule has 22 heavy (non-hydrogen) atoms. The van der Waals surface area contributed by atoms with Gasteiger partial charge in [0.2, 0.25) is 5.91 Å². The van der Waals surface area contributed by atoms with E-state index in [1.807, 2.05) is 4.90 Å². The van der Waals surface area contributed by atoms with Gasteiger partial charge in [0.15, 0.2) is 0 Å². The molecule has 0 radical (unpaired) electrons. The van der Waals surface area contributed by atoms with Crippen molar-refractivity contribution >= 4 is 17.5 Å². The Hall–Kier alpha value is -1.88. The maximum Gasteiger partial charge on any atom is 0.253 e. The second-order valence-corrected chi connectivity index (χ2v) is 6.07. The van der Waals surface area contributed by atoms with E-state index in [1.165, 1.54) is 6.92 Å². The lowest BCUT2D eigenvalue weighted by molar-refractivity contribution is -0.114. The Morgan fingerprint density at radius 2 is 2.00 bits per heavy atom. The number of carbonyl (C=O) groups is 2. The SMILES string of the molecule is CCC1(CO)CCN(C(=O)c2cccc(NC(C)=O)c2)CC1. The first-order chi connectivity index (χ1) is 10.5. The second kappa shape index (κ2) is 6.92. The number of rotatable bonds is 4. The molecule has 5 heteroatoms. The molecule has 2 amide bonds. The number of aliphatic hydroxyl groups excluding tert-OH is 1. The van der Waals surface area contributed by atoms with E-state index in [0.29, 0.717) is 24.3 Å². The molecule has 1 heterocycles. The van der Waals surface area contributed by atoms with Crippen LogP contribution in [0.15, 0.2) is 24.3 Å². The van der Waals surface area contributed by atoms with Crippen LogP contribution in [0.3, 0.4) is 0 Å². The van der Waals surface area contributed by atoms with Crippen LogP contribution in [0.4, 0.5) is 5.69 Å². The lowest BCUT2D eigenvalue weighted by Crippen LogP contribution is -2.44. The minimum absolute atomic E-state index is 0.0187. The van der Waals surface area contributed by atoms with Crippen LogP contribution in [0.1, 0.15) is 43.5 Å². The zero-order valence-electron chi connectivity index (χ0n) is 13.3. The molecule has 1 aliphatic rings. The first-order valence-electron chi connectivity index (χ1n) is 7.77. The van der Waals surface area contributed by atoms with Crippen molar-refractivity contribution in [2.45, 2.75) is 33.1 Å². The summed E-state index contributed by atoms with van der Waals surface area (Å²) in [7, 11) is 0. The van der Waals surface area contributed by atoms with E-state index in [0.717, 1.165) is 19.3 Å². The van der Waals surface area contributed by atoms with Gasteiger partial charge in [-0.2, -0.15) is 0 Å². The van der Waals surface area contributed by atoms with Crippen molar-refractivity contribution in [3.05, 3.63) is 29.8 Å². The van der Waals surface area contributed by atoms with E-state index < -0.39 is 0 Å². The first-order valence-corrected chi connectivity index (χ1v) is 7.77. The summed E-state index contributed by atoms with van der Waals surface area (Å²) in [5.41, 5.74) is 1.18. The Kier molecular flexibility index (Phi) is 5.19. The van der Waals surface area contributed by atoms with Crippen LogP contribution >= 0.6 is 0 Å². The summed E-state index contributed by atoms with van der Waals surface area (Å²) in [5, 5.41) is 12.3. The van der Waals surface area contributed by atoms with Crippen LogP contribution in [-0.4, -0.2) is 41.5 Å². The summed E-state index contributed by atoms with van der Waals surface area (Å²) in [6, 6.07) is 7.01. The third-order valence-electron chi connectivity index (χ3n) is 4.63. The van der Waals surface area contributed by atoms with E-state index in [2.05, 4.69) is 12.2 Å². The van der Waals surface area contributed by atoms with Gasteiger partial charge >= 0.3 is 0 Å². The van der Waals surface area contributed by atoms with E-state index in [1.54, 1.807) is 24.3 Å². The van der Waals surface area contributed by atoms with Crippen molar-refractivity contribution in [2.75, 3.05) is 25.0 Å². The fraction of sp³-hybridized carbons (Fsp3) is 0.529. The normalized spacial score (nSPS) is 17.1. The van der Waals surface area contributed by atoms with Crippen LogP contribution in [-0.2, 0) is 4.79 Å². The summed E-state index contributed by atoms with van der Waals surface area (Å²) in [4.78, 5) is 25.5. The molecule has 0 spiro atoms. The standard InChI is InChI=1S/C17H24N2O3/c1-3-17(12-20)7-9-19(10-8-17)16(22)14-5-4-6-15(11-14)18-13(2)21/h4-6,11,20H,3,7-10,12H2,1-2H3,(H,18,21). The van der Waals surface area contributed by atoms with Gasteiger partial charge in [-0.3, -0.25) is 9.59 Å². The highest BCUT2D eigenvalue weighted by Gasteiger charge is 2.34. The maximum atomic E-state index is 12.6. The average molecular weight is 304 g/mol. The van der Waals surface area contributed by atoms with E-state index in [-0.39, 0.29) is 23.8 Å². The summed E-state index contributed by atoms with van der Waals surface area (Å²) < 4.78 is 0. The fourth-order valence-electron chi connectivity index (χ4n) is 2.92. The van der Waals surface area contributed by atoms with E-state index >= 15 is 0 Å². The van der Waals surface area contributed by atoms with Crippen molar-refractivity contribution in [3.63, 3.8) is 0 Å². The van der Waals surface area contributed by atoms with Gasteiger partial charge in [0.05, 0.1) is 0 Å². The number of nitrogens with one attached hydrogen (secondary N) is 1. The van der Waals surface area contributed by atoms with Gasteiger partial charge in [-0.1, -0.05) is 13.0 Å². The van der Waals surface area contributed by atoms with Crippen LogP contribution in [0, 0.1) is 5.41 Å². The molecule has 0 aliphatic carbocycles. The number of piperidine rings is 1. The number of benzene rings is 1. The number of hydrogen-bond donors (Lipinski definition) is 2. The summed E-state index contributed by atoms with van der Waals surface area (Å²) in [5.74, 6) is -0.173. The molecule has 1 saturated heterocycles. The summed E-state index contributed by atoms with van der Waals surface area (Å²) in [6.07, 6.45) is 2.60. The second-order valence-electron chi connectivity index (χ2n) is 6.07. The molecule has 1 aromatic rings. The number of nitrogens with zero attached hydrogens (tertiary/aromatic N) is 1. The Labute approximate surface area is 131 Å². The molecule has 1 aromatic carbocycles. The van der Waals surface area contributed by atoms with Crippen LogP contribution in [0.2, 0.25) is 0 Å². The third-order valence-corrected chi connectivity index (χ3v) is 4.63. The Balaban J connectivity index is 2.05. The van der Waals surface area contributed by atoms with Crippen LogP contribution in [0.5, 0.6) is 0 Å². The molecular weight excluding hydrogens is 280 g/mol. The summed E-state index contributed by atoms with van der Waals surface area (Å²) in [6.45, 7) is 5.04. The lowest BCUT2D eigenvalue weighted by atomic mass is 9.77. The average Bonchev–Trinajstić information content (AvgIpc) is 2.54. The van der Waals surface area contributed by atoms with E-state index in [4.69, 9.17) is 0 Å². The zero-order valence-corrected chi connectivity index (χ0v) is 13.3. The van der Waals surface area contributed by atoms with E-state index in [9.17, 15) is 14.7 Å². The predicted molar refractivity (Wildman–Crippen MR) is 85.7 cm³/mol. The molecule has 0 unspecified atom stereocenters. The zero-order chi connectivity index (χ0) is 16.2. The smallest absolute Gasteiger partial charge is 0.253 e. The monoisotopic (exact) mass is 304 g/mol. The topological polar surface area (TPSA) is 69.6 Å². The molecule has 5 nitrogen and oxygen atoms in total. The first kappa shape index (κ1) is 16.5. The lowest BCUT2D eigenvalue weighted by Gasteiger charge is -2.40. The van der Waals surface area contributed by atoms with Gasteiger partial charge in [-0.15, -0.1) is 0 Å². The Morgan fingerprint density at radius 1 is 1.32 bits per heavy atom. The van der Waals surface area contributed by atoms with Gasteiger partial charge in [0, 0.05) is 37.9 Å². The number of likely N-dealkylation sites (tertiary alicyclic amines) is 1. The van der Waals surface area contributed by atoms with Gasteiger partial charge in [-0.05, 0) is 42.9 Å². The molecule has 1 aliphatic heterocycles. The number of aliphatic hydroxyl groups is 1. The Bertz CT molecular complexity index is 543. The molecular formula is C17H24N2O3. The molecule has 120 valence electrons. The predicted octanol–water partition coefficient (Wildman–Crippen LogP) is 2.27. The molecule has 2 N–H and O–H groups in total. The van der Waals surface area contributed by atoms with Crippen LogP contribution < -0.4 is 5.32 Å². The molecule has 0 atom stereocenters. The minimum Gasteiger partial charge on any atom is -0.396 e. The van der Waals surface area contributed by atoms with Gasteiger partial charge < -0.3 is 15.3 Å². The van der Waals surface area contributed by atoms with Crippen molar-refractivity contribution in [2.24, 2.45) is 5.41 Å². The Morgan fingerprint density at radius 3 is 2.55 bits per heavy atom. The highest BCUT2D eigenvalue weighted by atomic mass is 16.3. The highest BCUT2D eigenvalue weighted by molar-refractivity contribution is 5.96. The quantitative estimate of drug-likeness (QED) is 0.896. The largest absolute Gasteiger partial charge is 0.396 e. The van der Waals surface area contributed by atoms with Gasteiger partial charge in [0.25, 0.3) is 5.91 Å². The molecule has 1 fully saturated rings. The van der Waals surface area contributed by atoms with Crippen molar-refractivity contribution in [3.8, 4) is 0 Å². The van der Waals surface area contributed by atoms with Gasteiger partial charge in [0.1, 0.15) is 0 Å². The molecule has 0 aromatic heterocycles. The molecule has 0 bridgehead atoms. The summed E-state index contributed by atoms with van der Waals surface area (Å²) >= 11 is 0.